The fourth-order valence-corrected chi connectivity index (χ4v) is 2.52. The smallest absolute Gasteiger partial charge is 0.131 e. The zero-order chi connectivity index (χ0) is 13.0. The van der Waals surface area contributed by atoms with E-state index in [1.165, 1.54) is 24.1 Å². The first-order chi connectivity index (χ1) is 8.70. The van der Waals surface area contributed by atoms with E-state index in [-0.39, 0.29) is 0 Å². The second-order valence-electron chi connectivity index (χ2n) is 5.16. The van der Waals surface area contributed by atoms with Gasteiger partial charge in [0.1, 0.15) is 5.82 Å². The van der Waals surface area contributed by atoms with Crippen LogP contribution in [0.4, 0.5) is 5.82 Å². The lowest BCUT2D eigenvalue weighted by atomic mass is 10.2. The quantitative estimate of drug-likeness (QED) is 0.872. The molecule has 0 amide bonds. The average Bonchev–Trinajstić information content (AvgIpc) is 2.55. The van der Waals surface area contributed by atoms with Crippen molar-refractivity contribution in [2.45, 2.75) is 19.9 Å². The van der Waals surface area contributed by atoms with E-state index in [1.807, 2.05) is 13.2 Å². The van der Waals surface area contributed by atoms with Gasteiger partial charge in [-0.2, -0.15) is 0 Å². The number of anilines is 1. The number of nitrogens with one attached hydrogen (secondary N) is 1. The molecule has 0 aromatic carbocycles. The summed E-state index contributed by atoms with van der Waals surface area (Å²) in [6.07, 6.45) is 3.21. The topological polar surface area (TPSA) is 31.4 Å². The summed E-state index contributed by atoms with van der Waals surface area (Å²) in [5.41, 5.74) is 2.54. The molecule has 2 rings (SSSR count). The molecule has 0 radical (unpaired) electrons. The number of hydrogen-bond donors (Lipinski definition) is 1. The number of aromatic nitrogens is 1. The Kier molecular flexibility index (Phi) is 4.55. The summed E-state index contributed by atoms with van der Waals surface area (Å²) in [4.78, 5) is 9.47. The van der Waals surface area contributed by atoms with Crippen molar-refractivity contribution in [1.29, 1.82) is 0 Å². The standard InChI is InChI=1S/C14H24N4/c1-12-9-13(10-15-2)11-16-14(12)18-6-4-5-17(3)7-8-18/h9,11,15H,4-8,10H2,1-3H3. The number of pyridine rings is 1. The number of hydrogen-bond acceptors (Lipinski definition) is 4. The third-order valence-electron chi connectivity index (χ3n) is 3.51. The number of nitrogens with zero attached hydrogens (tertiary/aromatic N) is 3. The molecular weight excluding hydrogens is 224 g/mol. The average molecular weight is 248 g/mol. The Bertz CT molecular complexity index is 391. The Morgan fingerprint density at radius 1 is 1.28 bits per heavy atom. The molecule has 1 fully saturated rings. The summed E-state index contributed by atoms with van der Waals surface area (Å²) in [7, 11) is 4.16. The summed E-state index contributed by atoms with van der Waals surface area (Å²) in [5.74, 6) is 1.16. The van der Waals surface area contributed by atoms with Gasteiger partial charge in [0.05, 0.1) is 0 Å². The minimum Gasteiger partial charge on any atom is -0.355 e. The van der Waals surface area contributed by atoms with Crippen LogP contribution in [-0.2, 0) is 6.54 Å². The van der Waals surface area contributed by atoms with Crippen molar-refractivity contribution in [3.63, 3.8) is 0 Å². The predicted octanol–water partition coefficient (Wildman–Crippen LogP) is 1.25. The highest BCUT2D eigenvalue weighted by molar-refractivity contribution is 5.47. The minimum absolute atomic E-state index is 0.886. The highest BCUT2D eigenvalue weighted by Gasteiger charge is 2.15. The van der Waals surface area contributed by atoms with Crippen LogP contribution in [0, 0.1) is 6.92 Å². The van der Waals surface area contributed by atoms with Crippen LogP contribution >= 0.6 is 0 Å². The molecule has 0 atom stereocenters. The van der Waals surface area contributed by atoms with E-state index in [1.54, 1.807) is 0 Å². The summed E-state index contributed by atoms with van der Waals surface area (Å²) in [6, 6.07) is 2.24. The Labute approximate surface area is 110 Å². The maximum atomic E-state index is 4.65. The Morgan fingerprint density at radius 2 is 2.11 bits per heavy atom. The van der Waals surface area contributed by atoms with Gasteiger partial charge in [-0.05, 0) is 51.2 Å². The zero-order valence-corrected chi connectivity index (χ0v) is 11.7. The van der Waals surface area contributed by atoms with E-state index >= 15 is 0 Å². The SMILES string of the molecule is CNCc1cnc(N2CCCN(C)CC2)c(C)c1. The lowest BCUT2D eigenvalue weighted by molar-refractivity contribution is 0.360. The van der Waals surface area contributed by atoms with Crippen LogP contribution in [0.25, 0.3) is 0 Å². The van der Waals surface area contributed by atoms with Crippen molar-refractivity contribution in [2.24, 2.45) is 0 Å². The number of aryl methyl sites for hydroxylation is 1. The van der Waals surface area contributed by atoms with Crippen LogP contribution in [0.5, 0.6) is 0 Å². The van der Waals surface area contributed by atoms with Gasteiger partial charge in [0.2, 0.25) is 0 Å². The van der Waals surface area contributed by atoms with Crippen molar-refractivity contribution < 1.29 is 0 Å². The van der Waals surface area contributed by atoms with Crippen LogP contribution in [-0.4, -0.2) is 50.2 Å². The second-order valence-corrected chi connectivity index (χ2v) is 5.16. The molecular formula is C14H24N4. The molecule has 18 heavy (non-hydrogen) atoms. The lowest BCUT2D eigenvalue weighted by Crippen LogP contribution is -2.30. The van der Waals surface area contributed by atoms with E-state index in [0.29, 0.717) is 0 Å². The van der Waals surface area contributed by atoms with Gasteiger partial charge in [0.15, 0.2) is 0 Å². The predicted molar refractivity (Wildman–Crippen MR) is 76.1 cm³/mol. The molecule has 4 heteroatoms. The van der Waals surface area contributed by atoms with Crippen molar-refractivity contribution in [3.8, 4) is 0 Å². The Balaban J connectivity index is 2.12. The molecule has 0 spiro atoms. The molecule has 1 aliphatic heterocycles. The lowest BCUT2D eigenvalue weighted by Gasteiger charge is -2.23. The van der Waals surface area contributed by atoms with Crippen LogP contribution in [0.2, 0.25) is 0 Å². The summed E-state index contributed by atoms with van der Waals surface area (Å²) in [6.45, 7) is 7.55. The Morgan fingerprint density at radius 3 is 2.83 bits per heavy atom. The van der Waals surface area contributed by atoms with E-state index in [2.05, 4.69) is 40.1 Å². The van der Waals surface area contributed by atoms with E-state index in [4.69, 9.17) is 0 Å². The first-order valence-corrected chi connectivity index (χ1v) is 6.74. The Hall–Kier alpha value is -1.13. The van der Waals surface area contributed by atoms with E-state index in [0.717, 1.165) is 32.0 Å². The van der Waals surface area contributed by atoms with Gasteiger partial charge in [0, 0.05) is 32.4 Å². The van der Waals surface area contributed by atoms with Gasteiger partial charge in [-0.1, -0.05) is 0 Å². The molecule has 1 aromatic rings. The van der Waals surface area contributed by atoms with Crippen LogP contribution in [0.15, 0.2) is 12.3 Å². The van der Waals surface area contributed by atoms with Crippen molar-refractivity contribution in [1.82, 2.24) is 15.2 Å². The van der Waals surface area contributed by atoms with Crippen molar-refractivity contribution >= 4 is 5.82 Å². The monoisotopic (exact) mass is 248 g/mol. The number of likely N-dealkylation sites (N-methyl/N-ethyl adjacent to an activating group) is 1. The first kappa shape index (κ1) is 13.3. The molecule has 4 nitrogen and oxygen atoms in total. The van der Waals surface area contributed by atoms with Crippen LogP contribution in [0.3, 0.4) is 0 Å². The van der Waals surface area contributed by atoms with Crippen molar-refractivity contribution in [3.05, 3.63) is 23.4 Å². The molecule has 0 aliphatic carbocycles. The zero-order valence-electron chi connectivity index (χ0n) is 11.7. The molecule has 0 unspecified atom stereocenters. The molecule has 2 heterocycles. The summed E-state index contributed by atoms with van der Waals surface area (Å²) >= 11 is 0. The second kappa shape index (κ2) is 6.16. The third kappa shape index (κ3) is 3.21. The fourth-order valence-electron chi connectivity index (χ4n) is 2.52. The van der Waals surface area contributed by atoms with E-state index in [9.17, 15) is 0 Å². The molecule has 0 saturated carbocycles. The molecule has 1 N–H and O–H groups in total. The molecule has 0 bridgehead atoms. The normalized spacial score (nSPS) is 17.8. The largest absolute Gasteiger partial charge is 0.355 e. The van der Waals surface area contributed by atoms with E-state index < -0.39 is 0 Å². The third-order valence-corrected chi connectivity index (χ3v) is 3.51. The molecule has 1 aromatic heterocycles. The summed E-state index contributed by atoms with van der Waals surface area (Å²) in [5, 5.41) is 3.17. The molecule has 1 saturated heterocycles. The molecule has 100 valence electrons. The maximum absolute atomic E-state index is 4.65. The van der Waals surface area contributed by atoms with Crippen LogP contribution in [0.1, 0.15) is 17.5 Å². The fraction of sp³-hybridized carbons (Fsp3) is 0.643. The highest BCUT2D eigenvalue weighted by Crippen LogP contribution is 2.19. The number of rotatable bonds is 3. The van der Waals surface area contributed by atoms with Gasteiger partial charge in [0.25, 0.3) is 0 Å². The first-order valence-electron chi connectivity index (χ1n) is 6.74. The minimum atomic E-state index is 0.886. The van der Waals surface area contributed by atoms with Crippen LogP contribution < -0.4 is 10.2 Å². The van der Waals surface area contributed by atoms with Gasteiger partial charge in [-0.25, -0.2) is 4.98 Å². The van der Waals surface area contributed by atoms with Crippen molar-refractivity contribution in [2.75, 3.05) is 45.2 Å². The van der Waals surface area contributed by atoms with Gasteiger partial charge >= 0.3 is 0 Å². The summed E-state index contributed by atoms with van der Waals surface area (Å²) < 4.78 is 0. The maximum Gasteiger partial charge on any atom is 0.131 e. The van der Waals surface area contributed by atoms with Gasteiger partial charge < -0.3 is 15.1 Å². The van der Waals surface area contributed by atoms with Gasteiger partial charge in [-0.3, -0.25) is 0 Å². The molecule has 1 aliphatic rings. The van der Waals surface area contributed by atoms with Gasteiger partial charge in [-0.15, -0.1) is 0 Å². The highest BCUT2D eigenvalue weighted by atomic mass is 15.2.